The molecular formula is C20H32N4O3. The van der Waals surface area contributed by atoms with Gasteiger partial charge in [-0.05, 0) is 25.3 Å². The van der Waals surface area contributed by atoms with E-state index in [1.807, 2.05) is 29.8 Å². The van der Waals surface area contributed by atoms with E-state index >= 15 is 0 Å². The molecule has 3 heterocycles. The van der Waals surface area contributed by atoms with Crippen LogP contribution in [0.5, 0.6) is 0 Å². The highest BCUT2D eigenvalue weighted by molar-refractivity contribution is 5.80. The summed E-state index contributed by atoms with van der Waals surface area (Å²) < 4.78 is 7.52. The summed E-state index contributed by atoms with van der Waals surface area (Å²) in [7, 11) is 0. The van der Waals surface area contributed by atoms with Crippen molar-refractivity contribution in [2.45, 2.75) is 65.0 Å². The summed E-state index contributed by atoms with van der Waals surface area (Å²) in [4.78, 5) is 28.9. The molecule has 7 heteroatoms. The summed E-state index contributed by atoms with van der Waals surface area (Å²) in [6, 6.07) is -0.315. The average Bonchev–Trinajstić information content (AvgIpc) is 3.22. The van der Waals surface area contributed by atoms with E-state index in [2.05, 4.69) is 18.9 Å². The average molecular weight is 377 g/mol. The quantitative estimate of drug-likeness (QED) is 0.765. The largest absolute Gasteiger partial charge is 0.441 e. The zero-order valence-electron chi connectivity index (χ0n) is 17.0. The van der Waals surface area contributed by atoms with E-state index in [-0.39, 0.29) is 18.0 Å². The summed E-state index contributed by atoms with van der Waals surface area (Å²) in [6.45, 7) is 10.8. The lowest BCUT2D eigenvalue weighted by molar-refractivity contribution is -0.138. The number of aryl methyl sites for hydroxylation is 1. The van der Waals surface area contributed by atoms with Gasteiger partial charge in [0.2, 0.25) is 5.91 Å². The third kappa shape index (κ3) is 4.12. The van der Waals surface area contributed by atoms with Crippen LogP contribution in [0.3, 0.4) is 0 Å². The van der Waals surface area contributed by atoms with Crippen molar-refractivity contribution in [2.75, 3.05) is 26.2 Å². The molecule has 2 fully saturated rings. The Kier molecular flexibility index (Phi) is 5.77. The number of hydrogen-bond acceptors (Lipinski definition) is 4. The van der Waals surface area contributed by atoms with Crippen molar-refractivity contribution in [3.05, 3.63) is 18.0 Å². The van der Waals surface area contributed by atoms with Crippen LogP contribution >= 0.6 is 0 Å². The molecule has 0 bridgehead atoms. The maximum Gasteiger partial charge on any atom is 0.410 e. The van der Waals surface area contributed by atoms with Crippen molar-refractivity contribution in [3.63, 3.8) is 0 Å². The second-order valence-corrected chi connectivity index (χ2v) is 8.11. The van der Waals surface area contributed by atoms with E-state index < -0.39 is 5.60 Å². The molecule has 1 aromatic rings. The molecule has 2 amide bonds. The van der Waals surface area contributed by atoms with Crippen molar-refractivity contribution in [3.8, 4) is 0 Å². The van der Waals surface area contributed by atoms with Gasteiger partial charge < -0.3 is 14.5 Å². The lowest BCUT2D eigenvalue weighted by Crippen LogP contribution is -2.50. The molecule has 1 aromatic heterocycles. The van der Waals surface area contributed by atoms with Crippen molar-refractivity contribution < 1.29 is 14.3 Å². The molecule has 150 valence electrons. The third-order valence-corrected chi connectivity index (χ3v) is 6.15. The van der Waals surface area contributed by atoms with Crippen LogP contribution in [0.1, 0.15) is 58.1 Å². The smallest absolute Gasteiger partial charge is 0.410 e. The Morgan fingerprint density at radius 3 is 2.52 bits per heavy atom. The third-order valence-electron chi connectivity index (χ3n) is 6.15. The molecule has 0 saturated carbocycles. The first-order chi connectivity index (χ1) is 12.9. The SMILES string of the molecule is CCC(CC)CN1CC2(CCN(C(=O)[C@@H](C)n3cc(C)cn3)CC2)OC1=O. The molecule has 27 heavy (non-hydrogen) atoms. The number of carbonyl (C=O) groups excluding carboxylic acids is 2. The minimum atomic E-state index is -0.425. The van der Waals surface area contributed by atoms with E-state index in [1.165, 1.54) is 0 Å². The first kappa shape index (κ1) is 19.7. The molecule has 0 unspecified atom stereocenters. The number of carbonyl (C=O) groups is 2. The Morgan fingerprint density at radius 1 is 1.30 bits per heavy atom. The summed E-state index contributed by atoms with van der Waals surface area (Å²) in [5.41, 5.74) is 0.619. The lowest BCUT2D eigenvalue weighted by atomic mass is 9.90. The van der Waals surface area contributed by atoms with Gasteiger partial charge in [0.15, 0.2) is 0 Å². The monoisotopic (exact) mass is 376 g/mol. The standard InChI is InChI=1S/C20H32N4O3/c1-5-17(6-2)13-23-14-20(27-19(23)26)7-9-22(10-8-20)18(25)16(4)24-12-15(3)11-21-24/h11-12,16-17H,5-10,13-14H2,1-4H3/t16-/m1/s1. The maximum atomic E-state index is 12.8. The number of nitrogens with zero attached hydrogens (tertiary/aromatic N) is 4. The summed E-state index contributed by atoms with van der Waals surface area (Å²) in [5.74, 6) is 0.596. The van der Waals surface area contributed by atoms with Gasteiger partial charge in [0, 0.05) is 38.7 Å². The molecule has 0 radical (unpaired) electrons. The van der Waals surface area contributed by atoms with Gasteiger partial charge in [-0.25, -0.2) is 4.79 Å². The second kappa shape index (κ2) is 7.90. The lowest BCUT2D eigenvalue weighted by Gasteiger charge is -2.38. The molecule has 2 saturated heterocycles. The first-order valence-corrected chi connectivity index (χ1v) is 10.1. The highest BCUT2D eigenvalue weighted by atomic mass is 16.6. The fourth-order valence-electron chi connectivity index (χ4n) is 4.11. The number of hydrogen-bond donors (Lipinski definition) is 0. The predicted octanol–water partition coefficient (Wildman–Crippen LogP) is 3.00. The van der Waals surface area contributed by atoms with Crippen molar-refractivity contribution in [1.82, 2.24) is 19.6 Å². The Hall–Kier alpha value is -2.05. The number of rotatable bonds is 6. The Bertz CT molecular complexity index is 675. The fraction of sp³-hybridized carbons (Fsp3) is 0.750. The Labute approximate surface area is 161 Å². The molecule has 2 aliphatic rings. The van der Waals surface area contributed by atoms with Gasteiger partial charge in [-0.2, -0.15) is 5.10 Å². The van der Waals surface area contributed by atoms with Crippen LogP contribution in [0, 0.1) is 12.8 Å². The van der Waals surface area contributed by atoms with Gasteiger partial charge in [0.05, 0.1) is 12.7 Å². The van der Waals surface area contributed by atoms with Crippen LogP contribution in [-0.2, 0) is 9.53 Å². The molecule has 1 spiro atoms. The van der Waals surface area contributed by atoms with Gasteiger partial charge in [-0.3, -0.25) is 9.48 Å². The number of likely N-dealkylation sites (tertiary alicyclic amines) is 1. The van der Waals surface area contributed by atoms with Gasteiger partial charge >= 0.3 is 6.09 Å². The van der Waals surface area contributed by atoms with Crippen LogP contribution < -0.4 is 0 Å². The van der Waals surface area contributed by atoms with Crippen LogP contribution in [0.4, 0.5) is 4.79 Å². The maximum absolute atomic E-state index is 12.8. The summed E-state index contributed by atoms with van der Waals surface area (Å²) >= 11 is 0. The van der Waals surface area contributed by atoms with Gasteiger partial charge in [0.25, 0.3) is 0 Å². The molecule has 0 aromatic carbocycles. The summed E-state index contributed by atoms with van der Waals surface area (Å²) in [5, 5.41) is 4.26. The zero-order chi connectivity index (χ0) is 19.6. The van der Waals surface area contributed by atoms with E-state index in [0.717, 1.165) is 24.9 Å². The van der Waals surface area contributed by atoms with Crippen LogP contribution in [-0.4, -0.2) is 63.4 Å². The molecule has 7 nitrogen and oxygen atoms in total. The van der Waals surface area contributed by atoms with Crippen molar-refractivity contribution in [2.24, 2.45) is 5.92 Å². The highest BCUT2D eigenvalue weighted by Crippen LogP contribution is 2.34. The molecule has 1 atom stereocenters. The first-order valence-electron chi connectivity index (χ1n) is 10.1. The van der Waals surface area contributed by atoms with Gasteiger partial charge in [-0.1, -0.05) is 26.7 Å². The Morgan fingerprint density at radius 2 is 1.96 bits per heavy atom. The highest BCUT2D eigenvalue weighted by Gasteiger charge is 2.47. The number of amides is 2. The fourth-order valence-corrected chi connectivity index (χ4v) is 4.11. The summed E-state index contributed by atoms with van der Waals surface area (Å²) in [6.07, 6.45) is 7.01. The van der Waals surface area contributed by atoms with Gasteiger partial charge in [-0.15, -0.1) is 0 Å². The molecule has 3 rings (SSSR count). The molecular weight excluding hydrogens is 344 g/mol. The van der Waals surface area contributed by atoms with E-state index in [9.17, 15) is 9.59 Å². The predicted molar refractivity (Wildman–Crippen MR) is 102 cm³/mol. The minimum Gasteiger partial charge on any atom is -0.441 e. The molecule has 2 aliphatic heterocycles. The van der Waals surface area contributed by atoms with Crippen LogP contribution in [0.25, 0.3) is 0 Å². The van der Waals surface area contributed by atoms with E-state index in [0.29, 0.717) is 38.4 Å². The molecule has 0 aliphatic carbocycles. The zero-order valence-corrected chi connectivity index (χ0v) is 17.0. The minimum absolute atomic E-state index is 0.0751. The van der Waals surface area contributed by atoms with Crippen LogP contribution in [0.2, 0.25) is 0 Å². The van der Waals surface area contributed by atoms with E-state index in [1.54, 1.807) is 10.9 Å². The molecule has 0 N–H and O–H groups in total. The topological polar surface area (TPSA) is 67.7 Å². The van der Waals surface area contributed by atoms with Gasteiger partial charge in [0.1, 0.15) is 11.6 Å². The van der Waals surface area contributed by atoms with E-state index in [4.69, 9.17) is 4.74 Å². The number of piperidine rings is 1. The second-order valence-electron chi connectivity index (χ2n) is 8.11. The van der Waals surface area contributed by atoms with Crippen molar-refractivity contribution >= 4 is 12.0 Å². The number of aromatic nitrogens is 2. The van der Waals surface area contributed by atoms with Crippen molar-refractivity contribution in [1.29, 1.82) is 0 Å². The van der Waals surface area contributed by atoms with Crippen LogP contribution in [0.15, 0.2) is 12.4 Å². The number of ether oxygens (including phenoxy) is 1. The normalized spacial score (nSPS) is 20.4. The Balaban J connectivity index is 1.57.